The van der Waals surface area contributed by atoms with Crippen molar-refractivity contribution in [2.24, 2.45) is 0 Å². The highest BCUT2D eigenvalue weighted by Crippen LogP contribution is 2.55. The summed E-state index contributed by atoms with van der Waals surface area (Å²) < 4.78 is 0. The second kappa shape index (κ2) is 12.9. The van der Waals surface area contributed by atoms with Crippen molar-refractivity contribution >= 4 is 35.0 Å². The van der Waals surface area contributed by atoms with Crippen LogP contribution in [0.5, 0.6) is 0 Å². The van der Waals surface area contributed by atoms with Crippen molar-refractivity contribution in [2.75, 3.05) is 32.8 Å². The highest BCUT2D eigenvalue weighted by Gasteiger charge is 2.44. The fraction of sp³-hybridized carbons (Fsp3) is 0.259. The molecule has 33 heavy (non-hydrogen) atoms. The van der Waals surface area contributed by atoms with Crippen LogP contribution < -0.4 is 31.9 Å². The zero-order chi connectivity index (χ0) is 23.4. The Hall–Kier alpha value is -3.01. The van der Waals surface area contributed by atoms with Gasteiger partial charge < -0.3 is 16.0 Å². The lowest BCUT2D eigenvalue weighted by Gasteiger charge is -2.27. The van der Waals surface area contributed by atoms with Crippen molar-refractivity contribution in [1.82, 2.24) is 16.0 Å². The van der Waals surface area contributed by atoms with Crippen LogP contribution in [0.25, 0.3) is 0 Å². The molecule has 0 bridgehead atoms. The number of rotatable bonds is 12. The molecule has 6 heteroatoms. The molecule has 0 unspecified atom stereocenters. The van der Waals surface area contributed by atoms with E-state index in [0.29, 0.717) is 19.5 Å². The molecule has 172 valence electrons. The maximum Gasteiger partial charge on any atom is 0.233 e. The quantitative estimate of drug-likeness (QED) is 0.286. The molecule has 0 heterocycles. The van der Waals surface area contributed by atoms with E-state index in [1.54, 1.807) is 7.05 Å². The first-order valence-corrected chi connectivity index (χ1v) is 13.4. The molecular weight excluding hydrogens is 429 g/mol. The summed E-state index contributed by atoms with van der Waals surface area (Å²) in [6.45, 7) is 1.32. The van der Waals surface area contributed by atoms with Gasteiger partial charge in [-0.1, -0.05) is 54.6 Å². The average molecular weight is 463 g/mol. The van der Waals surface area contributed by atoms with Crippen molar-refractivity contribution in [2.45, 2.75) is 12.8 Å². The average Bonchev–Trinajstić information content (AvgIpc) is 2.88. The molecule has 0 fully saturated rings. The van der Waals surface area contributed by atoms with Gasteiger partial charge in [0.25, 0.3) is 0 Å². The minimum absolute atomic E-state index is 0.0454. The molecule has 2 amide bonds. The van der Waals surface area contributed by atoms with Gasteiger partial charge in [-0.05, 0) is 42.8 Å². The van der Waals surface area contributed by atoms with Crippen molar-refractivity contribution in [3.05, 3.63) is 91.0 Å². The minimum Gasteiger partial charge on any atom is -0.358 e. The van der Waals surface area contributed by atoms with Crippen LogP contribution in [0.2, 0.25) is 0 Å². The number of hydrogen-bond donors (Lipinski definition) is 3. The molecule has 0 aromatic heterocycles. The van der Waals surface area contributed by atoms with Crippen LogP contribution in [0, 0.1) is 0 Å². The first-order chi connectivity index (χ1) is 16.2. The van der Waals surface area contributed by atoms with E-state index in [9.17, 15) is 9.59 Å². The molecule has 0 aliphatic rings. The second-order valence-electron chi connectivity index (χ2n) is 7.84. The van der Waals surface area contributed by atoms with Crippen molar-refractivity contribution in [3.63, 3.8) is 0 Å². The third-order valence-electron chi connectivity index (χ3n) is 5.68. The van der Waals surface area contributed by atoms with Gasteiger partial charge in [0, 0.05) is 26.6 Å². The second-order valence-corrected chi connectivity index (χ2v) is 11.5. The van der Waals surface area contributed by atoms with E-state index in [1.807, 2.05) is 0 Å². The van der Waals surface area contributed by atoms with Crippen LogP contribution >= 0.6 is 7.26 Å². The summed E-state index contributed by atoms with van der Waals surface area (Å²) in [5.74, 6) is -0.0200. The van der Waals surface area contributed by atoms with Gasteiger partial charge in [-0.25, -0.2) is 0 Å². The fourth-order valence-electron chi connectivity index (χ4n) is 4.03. The largest absolute Gasteiger partial charge is 0.358 e. The smallest absolute Gasteiger partial charge is 0.233 e. The number of carbonyl (C=O) groups is 2. The summed E-state index contributed by atoms with van der Waals surface area (Å²) in [7, 11) is -0.291. The normalized spacial score (nSPS) is 11.1. The maximum atomic E-state index is 12.5. The Bertz CT molecular complexity index is 901. The summed E-state index contributed by atoms with van der Waals surface area (Å²) in [6.07, 6.45) is 2.20. The van der Waals surface area contributed by atoms with E-state index in [4.69, 9.17) is 0 Å². The van der Waals surface area contributed by atoms with Crippen molar-refractivity contribution in [1.29, 1.82) is 0 Å². The molecule has 0 saturated carbocycles. The Morgan fingerprint density at radius 2 is 1.18 bits per heavy atom. The molecule has 5 nitrogen and oxygen atoms in total. The molecular formula is C27H33N3O2P+. The van der Waals surface area contributed by atoms with Crippen LogP contribution in [-0.4, -0.2) is 44.7 Å². The van der Waals surface area contributed by atoms with Crippen LogP contribution in [0.1, 0.15) is 12.8 Å². The fourth-order valence-corrected chi connectivity index (χ4v) is 8.37. The number of benzene rings is 3. The van der Waals surface area contributed by atoms with E-state index in [-0.39, 0.29) is 18.4 Å². The highest BCUT2D eigenvalue weighted by atomic mass is 31.2. The van der Waals surface area contributed by atoms with E-state index in [0.717, 1.165) is 12.6 Å². The highest BCUT2D eigenvalue weighted by molar-refractivity contribution is 7.95. The Balaban J connectivity index is 1.72. The minimum atomic E-state index is -1.90. The Morgan fingerprint density at radius 3 is 1.64 bits per heavy atom. The summed E-state index contributed by atoms with van der Waals surface area (Å²) in [6, 6.07) is 32.2. The van der Waals surface area contributed by atoms with E-state index in [1.165, 1.54) is 15.9 Å². The van der Waals surface area contributed by atoms with Gasteiger partial charge >= 0.3 is 0 Å². The third-order valence-corrected chi connectivity index (χ3v) is 10.2. The van der Waals surface area contributed by atoms with E-state index in [2.05, 4.69) is 107 Å². The third kappa shape index (κ3) is 6.74. The van der Waals surface area contributed by atoms with Gasteiger partial charge in [-0.2, -0.15) is 0 Å². The molecule has 0 aliphatic carbocycles. The zero-order valence-electron chi connectivity index (χ0n) is 19.2. The zero-order valence-corrected chi connectivity index (χ0v) is 20.1. The molecule has 3 aromatic rings. The Morgan fingerprint density at radius 1 is 0.697 bits per heavy atom. The Labute approximate surface area is 197 Å². The lowest BCUT2D eigenvalue weighted by molar-refractivity contribution is -0.121. The molecule has 3 aromatic carbocycles. The van der Waals surface area contributed by atoms with Crippen LogP contribution in [0.15, 0.2) is 91.0 Å². The SMILES string of the molecule is CNC(=O)CNCCNC(=O)CCC[P+](c1ccccc1)(c1ccccc1)c1ccccc1. The first kappa shape index (κ1) is 24.6. The number of amides is 2. The van der Waals surface area contributed by atoms with Crippen LogP contribution in [0.3, 0.4) is 0 Å². The molecule has 0 spiro atoms. The summed E-state index contributed by atoms with van der Waals surface area (Å²) in [4.78, 5) is 23.7. The van der Waals surface area contributed by atoms with Crippen LogP contribution in [-0.2, 0) is 9.59 Å². The summed E-state index contributed by atoms with van der Waals surface area (Å²) in [5.41, 5.74) is 0. The number of carbonyl (C=O) groups excluding carboxylic acids is 2. The Kier molecular flexibility index (Phi) is 9.61. The van der Waals surface area contributed by atoms with E-state index < -0.39 is 7.26 Å². The monoisotopic (exact) mass is 462 g/mol. The lowest BCUT2D eigenvalue weighted by atomic mass is 10.3. The molecule has 0 radical (unpaired) electrons. The van der Waals surface area contributed by atoms with Gasteiger partial charge in [0.05, 0.1) is 12.7 Å². The van der Waals surface area contributed by atoms with Gasteiger partial charge in [-0.15, -0.1) is 0 Å². The van der Waals surface area contributed by atoms with Crippen molar-refractivity contribution < 1.29 is 9.59 Å². The maximum absolute atomic E-state index is 12.5. The molecule has 0 saturated heterocycles. The summed E-state index contributed by atoms with van der Waals surface area (Å²) >= 11 is 0. The lowest BCUT2D eigenvalue weighted by Crippen LogP contribution is -2.37. The predicted octanol–water partition coefficient (Wildman–Crippen LogP) is 2.21. The molecule has 3 N–H and O–H groups in total. The standard InChI is InChI=1S/C27H32N3O2P/c1-28-27(32)22-29-19-20-30-26(31)18-11-21-33(23-12-5-2-6-13-23,24-14-7-3-8-15-24)25-16-9-4-10-17-25/h2-10,12-17,29H,11,18-22H2,1H3,(H-,28,30,31,32)/p+1. The van der Waals surface area contributed by atoms with Crippen molar-refractivity contribution in [3.8, 4) is 0 Å². The number of hydrogen-bond acceptors (Lipinski definition) is 3. The number of likely N-dealkylation sites (N-methyl/N-ethyl adjacent to an activating group) is 1. The number of nitrogens with one attached hydrogen (secondary N) is 3. The van der Waals surface area contributed by atoms with Gasteiger partial charge in [0.2, 0.25) is 11.8 Å². The van der Waals surface area contributed by atoms with E-state index >= 15 is 0 Å². The van der Waals surface area contributed by atoms with Crippen LogP contribution in [0.4, 0.5) is 0 Å². The van der Waals surface area contributed by atoms with Gasteiger partial charge in [0.15, 0.2) is 0 Å². The first-order valence-electron chi connectivity index (χ1n) is 11.4. The molecule has 0 aliphatic heterocycles. The van der Waals surface area contributed by atoms with Gasteiger partial charge in [-0.3, -0.25) is 9.59 Å². The molecule has 3 rings (SSSR count). The predicted molar refractivity (Wildman–Crippen MR) is 139 cm³/mol. The summed E-state index contributed by atoms with van der Waals surface area (Å²) in [5, 5.41) is 12.5. The molecule has 0 atom stereocenters. The topological polar surface area (TPSA) is 70.2 Å². The van der Waals surface area contributed by atoms with Gasteiger partial charge in [0.1, 0.15) is 23.2 Å².